The van der Waals surface area contributed by atoms with Crippen LogP contribution in [0.1, 0.15) is 6.92 Å². The number of rotatable bonds is 6. The summed E-state index contributed by atoms with van der Waals surface area (Å²) < 4.78 is 4.67. The first kappa shape index (κ1) is 14.0. The number of nitrogens with one attached hydrogen (secondary N) is 2. The summed E-state index contributed by atoms with van der Waals surface area (Å²) >= 11 is 0. The topological polar surface area (TPSA) is 87.7 Å². The summed E-state index contributed by atoms with van der Waals surface area (Å²) in [7, 11) is 0. The molecule has 7 nitrogen and oxygen atoms in total. The predicted octanol–water partition coefficient (Wildman–Crippen LogP) is -0.753. The van der Waals surface area contributed by atoms with Crippen molar-refractivity contribution in [3.05, 3.63) is 12.2 Å². The number of urea groups is 1. The number of amides is 3. The molecule has 100 valence electrons. The van der Waals surface area contributed by atoms with Crippen molar-refractivity contribution in [2.45, 2.75) is 6.92 Å². The Morgan fingerprint density at radius 1 is 1.56 bits per heavy atom. The zero-order chi connectivity index (χ0) is 13.5. The third-order valence-electron chi connectivity index (χ3n) is 2.33. The molecule has 0 aromatic carbocycles. The maximum Gasteiger partial charge on any atom is 0.333 e. The van der Waals surface area contributed by atoms with E-state index in [0.717, 1.165) is 0 Å². The van der Waals surface area contributed by atoms with Gasteiger partial charge in [-0.05, 0) is 6.92 Å². The summed E-state index contributed by atoms with van der Waals surface area (Å²) in [6, 6.07) is -0.127. The molecule has 0 aromatic heterocycles. The van der Waals surface area contributed by atoms with Crippen LogP contribution in [-0.2, 0) is 14.3 Å². The standard InChI is InChI=1S/C11H17N3O4/c1-8(2)10(16)18-7-9(15)12-3-5-14-6-4-13-11(14)17/h1,3-7H2,2H3,(H,12,15)(H,13,17). The number of esters is 1. The Kier molecular flexibility index (Phi) is 5.16. The second kappa shape index (κ2) is 6.63. The molecule has 0 aromatic rings. The quantitative estimate of drug-likeness (QED) is 0.483. The molecule has 0 saturated carbocycles. The van der Waals surface area contributed by atoms with E-state index < -0.39 is 11.9 Å². The van der Waals surface area contributed by atoms with Gasteiger partial charge < -0.3 is 20.3 Å². The van der Waals surface area contributed by atoms with Crippen molar-refractivity contribution in [2.75, 3.05) is 32.8 Å². The Morgan fingerprint density at radius 3 is 2.83 bits per heavy atom. The van der Waals surface area contributed by atoms with Crippen molar-refractivity contribution in [3.63, 3.8) is 0 Å². The summed E-state index contributed by atoms with van der Waals surface area (Å²) in [4.78, 5) is 35.1. The first-order chi connectivity index (χ1) is 8.50. The van der Waals surface area contributed by atoms with E-state index in [4.69, 9.17) is 0 Å². The Balaban J connectivity index is 2.12. The third kappa shape index (κ3) is 4.44. The molecule has 1 fully saturated rings. The second-order valence-electron chi connectivity index (χ2n) is 3.93. The maximum atomic E-state index is 11.3. The van der Waals surface area contributed by atoms with Crippen LogP contribution in [0.5, 0.6) is 0 Å². The van der Waals surface area contributed by atoms with Gasteiger partial charge in [0.2, 0.25) is 0 Å². The van der Waals surface area contributed by atoms with Crippen molar-refractivity contribution >= 4 is 17.9 Å². The fourth-order valence-electron chi connectivity index (χ4n) is 1.36. The molecule has 1 aliphatic heterocycles. The molecular formula is C11H17N3O4. The summed E-state index contributed by atoms with van der Waals surface area (Å²) in [5.74, 6) is -0.992. The van der Waals surface area contributed by atoms with Crippen LogP contribution in [-0.4, -0.2) is 55.6 Å². The van der Waals surface area contributed by atoms with Crippen molar-refractivity contribution in [2.24, 2.45) is 0 Å². The summed E-state index contributed by atoms with van der Waals surface area (Å²) in [6.07, 6.45) is 0. The molecule has 7 heteroatoms. The minimum Gasteiger partial charge on any atom is -0.452 e. The highest BCUT2D eigenvalue weighted by atomic mass is 16.5. The van der Waals surface area contributed by atoms with Gasteiger partial charge in [0.15, 0.2) is 6.61 Å². The fourth-order valence-corrected chi connectivity index (χ4v) is 1.36. The monoisotopic (exact) mass is 255 g/mol. The van der Waals surface area contributed by atoms with E-state index in [1.54, 1.807) is 4.90 Å². The van der Waals surface area contributed by atoms with Crippen molar-refractivity contribution in [3.8, 4) is 0 Å². The van der Waals surface area contributed by atoms with Crippen LogP contribution in [0.2, 0.25) is 0 Å². The second-order valence-corrected chi connectivity index (χ2v) is 3.93. The number of carbonyl (C=O) groups is 3. The lowest BCUT2D eigenvalue weighted by atomic mass is 10.4. The largest absolute Gasteiger partial charge is 0.452 e. The highest BCUT2D eigenvalue weighted by molar-refractivity contribution is 5.89. The average Bonchev–Trinajstić information content (AvgIpc) is 2.72. The highest BCUT2D eigenvalue weighted by Crippen LogP contribution is 1.94. The first-order valence-electron chi connectivity index (χ1n) is 5.63. The van der Waals surface area contributed by atoms with Crippen molar-refractivity contribution in [1.29, 1.82) is 0 Å². The fraction of sp³-hybridized carbons (Fsp3) is 0.545. The molecule has 1 saturated heterocycles. The van der Waals surface area contributed by atoms with Gasteiger partial charge in [0.1, 0.15) is 0 Å². The average molecular weight is 255 g/mol. The van der Waals surface area contributed by atoms with E-state index in [1.807, 2.05) is 0 Å². The number of nitrogens with zero attached hydrogens (tertiary/aromatic N) is 1. The SMILES string of the molecule is C=C(C)C(=O)OCC(=O)NCCN1CCNC1=O. The number of carbonyl (C=O) groups excluding carboxylic acids is 3. The van der Waals surface area contributed by atoms with E-state index >= 15 is 0 Å². The zero-order valence-electron chi connectivity index (χ0n) is 10.3. The smallest absolute Gasteiger partial charge is 0.333 e. The van der Waals surface area contributed by atoms with Gasteiger partial charge in [0.25, 0.3) is 5.91 Å². The number of ether oxygens (including phenoxy) is 1. The third-order valence-corrected chi connectivity index (χ3v) is 2.33. The molecule has 1 aliphatic rings. The molecule has 1 rings (SSSR count). The molecule has 0 radical (unpaired) electrons. The highest BCUT2D eigenvalue weighted by Gasteiger charge is 2.18. The molecule has 1 heterocycles. The normalized spacial score (nSPS) is 14.1. The van der Waals surface area contributed by atoms with Gasteiger partial charge >= 0.3 is 12.0 Å². The van der Waals surface area contributed by atoms with Gasteiger partial charge in [-0.3, -0.25) is 4.79 Å². The molecule has 18 heavy (non-hydrogen) atoms. The van der Waals surface area contributed by atoms with Crippen molar-refractivity contribution < 1.29 is 19.1 Å². The maximum absolute atomic E-state index is 11.3. The molecule has 0 aliphatic carbocycles. The number of hydrogen-bond donors (Lipinski definition) is 2. The molecule has 3 amide bonds. The van der Waals surface area contributed by atoms with Crippen LogP contribution in [0.25, 0.3) is 0 Å². The summed E-state index contributed by atoms with van der Waals surface area (Å²) in [5, 5.41) is 5.21. The van der Waals surface area contributed by atoms with Crippen LogP contribution < -0.4 is 10.6 Å². The molecule has 0 spiro atoms. The summed E-state index contributed by atoms with van der Waals surface area (Å²) in [6.45, 7) is 6.60. The molecule has 0 unspecified atom stereocenters. The van der Waals surface area contributed by atoms with Crippen molar-refractivity contribution in [1.82, 2.24) is 15.5 Å². The van der Waals surface area contributed by atoms with Gasteiger partial charge in [0.05, 0.1) is 0 Å². The van der Waals surface area contributed by atoms with Crippen LogP contribution in [0.4, 0.5) is 4.79 Å². The van der Waals surface area contributed by atoms with Crippen LogP contribution in [0, 0.1) is 0 Å². The lowest BCUT2D eigenvalue weighted by Gasteiger charge is -2.14. The van der Waals surface area contributed by atoms with Crippen LogP contribution in [0.15, 0.2) is 12.2 Å². The minimum absolute atomic E-state index is 0.127. The lowest BCUT2D eigenvalue weighted by molar-refractivity contribution is -0.144. The molecule has 0 bridgehead atoms. The first-order valence-corrected chi connectivity index (χ1v) is 5.63. The Morgan fingerprint density at radius 2 is 2.28 bits per heavy atom. The van der Waals surface area contributed by atoms with Crippen LogP contribution >= 0.6 is 0 Å². The van der Waals surface area contributed by atoms with Gasteiger partial charge in [-0.2, -0.15) is 0 Å². The Labute approximate surface area is 105 Å². The van der Waals surface area contributed by atoms with Crippen LogP contribution in [0.3, 0.4) is 0 Å². The Hall–Kier alpha value is -2.05. The van der Waals surface area contributed by atoms with Gasteiger partial charge in [0, 0.05) is 31.8 Å². The van der Waals surface area contributed by atoms with E-state index in [0.29, 0.717) is 26.2 Å². The molecular weight excluding hydrogens is 238 g/mol. The summed E-state index contributed by atoms with van der Waals surface area (Å²) in [5.41, 5.74) is 0.247. The van der Waals surface area contributed by atoms with E-state index in [1.165, 1.54) is 6.92 Å². The molecule has 2 N–H and O–H groups in total. The van der Waals surface area contributed by atoms with Gasteiger partial charge in [-0.25, -0.2) is 9.59 Å². The van der Waals surface area contributed by atoms with Gasteiger partial charge in [-0.1, -0.05) is 6.58 Å². The van der Waals surface area contributed by atoms with E-state index in [2.05, 4.69) is 21.9 Å². The lowest BCUT2D eigenvalue weighted by Crippen LogP contribution is -2.38. The van der Waals surface area contributed by atoms with E-state index in [9.17, 15) is 14.4 Å². The number of hydrogen-bond acceptors (Lipinski definition) is 4. The Bertz CT molecular complexity index is 367. The predicted molar refractivity (Wildman–Crippen MR) is 63.8 cm³/mol. The molecule has 0 atom stereocenters. The van der Waals surface area contributed by atoms with E-state index in [-0.39, 0.29) is 18.2 Å². The minimum atomic E-state index is -0.593. The zero-order valence-corrected chi connectivity index (χ0v) is 10.3. The van der Waals surface area contributed by atoms with Gasteiger partial charge in [-0.15, -0.1) is 0 Å².